The molecule has 2 rings (SSSR count). The van der Waals surface area contributed by atoms with E-state index < -0.39 is 0 Å². The van der Waals surface area contributed by atoms with Gasteiger partial charge >= 0.3 is 0 Å². The monoisotopic (exact) mass is 206 g/mol. The number of hydrogen-bond acceptors (Lipinski definition) is 4. The average molecular weight is 206 g/mol. The highest BCUT2D eigenvalue weighted by atomic mass is 15.1. The maximum atomic E-state index is 5.66. The van der Waals surface area contributed by atoms with Gasteiger partial charge in [0.15, 0.2) is 0 Å². The third-order valence-corrected chi connectivity index (χ3v) is 3.08. The van der Waals surface area contributed by atoms with Crippen molar-refractivity contribution >= 4 is 5.95 Å². The zero-order chi connectivity index (χ0) is 10.5. The van der Waals surface area contributed by atoms with E-state index in [9.17, 15) is 0 Å². The first-order valence-corrected chi connectivity index (χ1v) is 5.62. The molecule has 1 aliphatic carbocycles. The number of nitrogens with two attached hydrogens (primary N) is 1. The normalized spacial score (nSPS) is 26.2. The van der Waals surface area contributed by atoms with Crippen molar-refractivity contribution in [3.63, 3.8) is 0 Å². The fraction of sp³-hybridized carbons (Fsp3) is 0.636. The fourth-order valence-electron chi connectivity index (χ4n) is 2.10. The van der Waals surface area contributed by atoms with Gasteiger partial charge in [-0.05, 0) is 44.2 Å². The summed E-state index contributed by atoms with van der Waals surface area (Å²) in [5.41, 5.74) is 5.66. The number of nitrogens with zero attached hydrogens (tertiary/aromatic N) is 2. The van der Waals surface area contributed by atoms with Gasteiger partial charge in [-0.25, -0.2) is 9.97 Å². The van der Waals surface area contributed by atoms with Gasteiger partial charge < -0.3 is 11.1 Å². The lowest BCUT2D eigenvalue weighted by molar-refractivity contribution is 0.344. The first-order valence-electron chi connectivity index (χ1n) is 5.62. The second kappa shape index (κ2) is 5.07. The summed E-state index contributed by atoms with van der Waals surface area (Å²) in [5.74, 6) is 1.47. The van der Waals surface area contributed by atoms with Gasteiger partial charge in [0, 0.05) is 18.4 Å². The van der Waals surface area contributed by atoms with E-state index >= 15 is 0 Å². The van der Waals surface area contributed by atoms with Crippen LogP contribution in [0.4, 0.5) is 5.95 Å². The van der Waals surface area contributed by atoms with E-state index in [0.717, 1.165) is 18.4 Å². The third kappa shape index (κ3) is 2.89. The van der Waals surface area contributed by atoms with Gasteiger partial charge in [0.25, 0.3) is 0 Å². The van der Waals surface area contributed by atoms with Crippen LogP contribution in [-0.2, 0) is 0 Å². The van der Waals surface area contributed by atoms with Crippen molar-refractivity contribution in [1.82, 2.24) is 9.97 Å². The van der Waals surface area contributed by atoms with Crippen molar-refractivity contribution in [3.05, 3.63) is 18.5 Å². The highest BCUT2D eigenvalue weighted by Gasteiger charge is 2.20. The molecule has 1 heterocycles. The molecule has 1 fully saturated rings. The summed E-state index contributed by atoms with van der Waals surface area (Å²) < 4.78 is 0. The summed E-state index contributed by atoms with van der Waals surface area (Å²) >= 11 is 0. The number of nitrogens with one attached hydrogen (secondary N) is 1. The van der Waals surface area contributed by atoms with E-state index in [1.54, 1.807) is 12.4 Å². The molecule has 1 aromatic rings. The Morgan fingerprint density at radius 1 is 1.20 bits per heavy atom. The predicted molar refractivity (Wildman–Crippen MR) is 60.5 cm³/mol. The minimum Gasteiger partial charge on any atom is -0.351 e. The van der Waals surface area contributed by atoms with Crippen LogP contribution in [0.15, 0.2) is 18.5 Å². The van der Waals surface area contributed by atoms with Crippen LogP contribution in [0, 0.1) is 5.92 Å². The molecule has 0 aromatic carbocycles. The molecule has 4 heteroatoms. The summed E-state index contributed by atoms with van der Waals surface area (Å²) in [7, 11) is 0. The molecular formula is C11H18N4. The Bertz CT molecular complexity index is 280. The number of aromatic nitrogens is 2. The lowest BCUT2D eigenvalue weighted by atomic mass is 9.86. The highest BCUT2D eigenvalue weighted by Crippen LogP contribution is 2.24. The van der Waals surface area contributed by atoms with Crippen molar-refractivity contribution in [2.24, 2.45) is 11.7 Å². The number of rotatable bonds is 3. The average Bonchev–Trinajstić information content (AvgIpc) is 2.31. The predicted octanol–water partition coefficient (Wildman–Crippen LogP) is 1.41. The van der Waals surface area contributed by atoms with Gasteiger partial charge in [-0.1, -0.05) is 0 Å². The molecule has 0 saturated heterocycles. The molecular weight excluding hydrogens is 188 g/mol. The molecule has 0 aliphatic heterocycles. The van der Waals surface area contributed by atoms with Crippen LogP contribution >= 0.6 is 0 Å². The molecule has 0 radical (unpaired) electrons. The second-order valence-electron chi connectivity index (χ2n) is 4.17. The highest BCUT2D eigenvalue weighted by molar-refractivity contribution is 5.24. The lowest BCUT2D eigenvalue weighted by Crippen LogP contribution is -2.29. The lowest BCUT2D eigenvalue weighted by Gasteiger charge is -2.28. The summed E-state index contributed by atoms with van der Waals surface area (Å²) in [6.07, 6.45) is 8.34. The van der Waals surface area contributed by atoms with Crippen molar-refractivity contribution in [2.75, 3.05) is 11.9 Å². The molecule has 0 bridgehead atoms. The first kappa shape index (κ1) is 10.4. The SMILES string of the molecule is NCC1CCC(Nc2ncccn2)CC1. The zero-order valence-electron chi connectivity index (χ0n) is 8.89. The van der Waals surface area contributed by atoms with E-state index in [1.807, 2.05) is 6.07 Å². The van der Waals surface area contributed by atoms with E-state index in [4.69, 9.17) is 5.73 Å². The Morgan fingerprint density at radius 2 is 1.87 bits per heavy atom. The largest absolute Gasteiger partial charge is 0.351 e. The first-order chi connectivity index (χ1) is 7.38. The van der Waals surface area contributed by atoms with Crippen LogP contribution in [0.1, 0.15) is 25.7 Å². The van der Waals surface area contributed by atoms with Crippen molar-refractivity contribution < 1.29 is 0 Å². The standard InChI is InChI=1S/C11H18N4/c12-8-9-2-4-10(5-3-9)15-11-13-6-1-7-14-11/h1,6-7,9-10H,2-5,8,12H2,(H,13,14,15). The molecule has 0 spiro atoms. The minimum absolute atomic E-state index is 0.523. The smallest absolute Gasteiger partial charge is 0.222 e. The van der Waals surface area contributed by atoms with Crippen molar-refractivity contribution in [1.29, 1.82) is 0 Å². The summed E-state index contributed by atoms with van der Waals surface area (Å²) in [6.45, 7) is 0.828. The molecule has 1 aliphatic rings. The Balaban J connectivity index is 1.82. The van der Waals surface area contributed by atoms with Crippen LogP contribution in [0.25, 0.3) is 0 Å². The van der Waals surface area contributed by atoms with Gasteiger partial charge in [0.05, 0.1) is 0 Å². The quantitative estimate of drug-likeness (QED) is 0.784. The number of anilines is 1. The Hall–Kier alpha value is -1.16. The molecule has 0 amide bonds. The molecule has 4 nitrogen and oxygen atoms in total. The Morgan fingerprint density at radius 3 is 2.47 bits per heavy atom. The number of hydrogen-bond donors (Lipinski definition) is 2. The van der Waals surface area contributed by atoms with E-state index in [0.29, 0.717) is 6.04 Å². The second-order valence-corrected chi connectivity index (χ2v) is 4.17. The van der Waals surface area contributed by atoms with Gasteiger partial charge in [-0.2, -0.15) is 0 Å². The zero-order valence-corrected chi connectivity index (χ0v) is 8.89. The minimum atomic E-state index is 0.523. The molecule has 0 atom stereocenters. The van der Waals surface area contributed by atoms with Crippen molar-refractivity contribution in [2.45, 2.75) is 31.7 Å². The van der Waals surface area contributed by atoms with Gasteiger partial charge in [0.1, 0.15) is 0 Å². The summed E-state index contributed by atoms with van der Waals surface area (Å²) in [5, 5.41) is 3.36. The molecule has 0 unspecified atom stereocenters. The van der Waals surface area contributed by atoms with Crippen LogP contribution in [0.2, 0.25) is 0 Å². The van der Waals surface area contributed by atoms with E-state index in [-0.39, 0.29) is 0 Å². The Labute approximate surface area is 90.3 Å². The van der Waals surface area contributed by atoms with Crippen molar-refractivity contribution in [3.8, 4) is 0 Å². The van der Waals surface area contributed by atoms with Gasteiger partial charge in [0.2, 0.25) is 5.95 Å². The molecule has 1 saturated carbocycles. The summed E-state index contributed by atoms with van der Waals surface area (Å²) in [4.78, 5) is 8.33. The Kier molecular flexibility index (Phi) is 3.50. The van der Waals surface area contributed by atoms with Gasteiger partial charge in [-0.15, -0.1) is 0 Å². The van der Waals surface area contributed by atoms with Crippen LogP contribution < -0.4 is 11.1 Å². The van der Waals surface area contributed by atoms with Crippen LogP contribution in [0.5, 0.6) is 0 Å². The van der Waals surface area contributed by atoms with E-state index in [2.05, 4.69) is 15.3 Å². The molecule has 3 N–H and O–H groups in total. The molecule has 1 aromatic heterocycles. The molecule has 82 valence electrons. The molecule has 15 heavy (non-hydrogen) atoms. The van der Waals surface area contributed by atoms with Gasteiger partial charge in [-0.3, -0.25) is 0 Å². The fourth-order valence-corrected chi connectivity index (χ4v) is 2.10. The maximum absolute atomic E-state index is 5.66. The topological polar surface area (TPSA) is 63.8 Å². The maximum Gasteiger partial charge on any atom is 0.222 e. The third-order valence-electron chi connectivity index (χ3n) is 3.08. The summed E-state index contributed by atoms with van der Waals surface area (Å²) in [6, 6.07) is 2.35. The van der Waals surface area contributed by atoms with E-state index in [1.165, 1.54) is 25.7 Å². The van der Waals surface area contributed by atoms with Crippen LogP contribution in [0.3, 0.4) is 0 Å². The van der Waals surface area contributed by atoms with Crippen LogP contribution in [-0.4, -0.2) is 22.6 Å².